The number of rotatable bonds is 8. The van der Waals surface area contributed by atoms with Gasteiger partial charge in [-0.15, -0.1) is 0 Å². The lowest BCUT2D eigenvalue weighted by atomic mass is 9.51. The molecule has 1 saturated carbocycles. The monoisotopic (exact) mass is 672 g/mol. The van der Waals surface area contributed by atoms with Gasteiger partial charge in [0, 0.05) is 29.8 Å². The van der Waals surface area contributed by atoms with Crippen molar-refractivity contribution in [3.8, 4) is 5.75 Å². The number of hydrogen-bond acceptors (Lipinski definition) is 6. The largest absolute Gasteiger partial charge is 0.507 e. The highest BCUT2D eigenvalue weighted by molar-refractivity contribution is 6.31. The van der Waals surface area contributed by atoms with Crippen molar-refractivity contribution in [1.29, 1.82) is 0 Å². The van der Waals surface area contributed by atoms with Gasteiger partial charge in [-0.25, -0.2) is 9.29 Å². The number of benzene rings is 3. The molecule has 4 amide bonds. The Morgan fingerprint density at radius 1 is 0.979 bits per heavy atom. The number of allylic oxidation sites excluding steroid dienone is 2. The first kappa shape index (κ1) is 32.0. The number of amides is 4. The number of carbonyl (C=O) groups excluding carboxylic acids is 4. The van der Waals surface area contributed by atoms with Gasteiger partial charge in [-0.1, -0.05) is 66.1 Å². The zero-order valence-electron chi connectivity index (χ0n) is 26.2. The van der Waals surface area contributed by atoms with E-state index in [1.165, 1.54) is 17.0 Å². The number of phenols is 1. The number of phenolic OH excluding ortho intramolecular Hbond substituents is 1. The summed E-state index contributed by atoms with van der Waals surface area (Å²) in [7, 11) is 0. The lowest BCUT2D eigenvalue weighted by Gasteiger charge is -2.49. The Morgan fingerprint density at radius 2 is 1.75 bits per heavy atom. The molecule has 3 fully saturated rings. The van der Waals surface area contributed by atoms with E-state index >= 15 is 0 Å². The van der Waals surface area contributed by atoms with Gasteiger partial charge in [-0.2, -0.15) is 0 Å². The number of hydrogen-bond donors (Lipinski definition) is 2. The van der Waals surface area contributed by atoms with Crippen LogP contribution in [0.15, 0.2) is 66.2 Å². The minimum Gasteiger partial charge on any atom is -0.507 e. The summed E-state index contributed by atoms with van der Waals surface area (Å²) in [5.74, 6) is -6.91. The van der Waals surface area contributed by atoms with Crippen LogP contribution >= 0.6 is 11.6 Å². The van der Waals surface area contributed by atoms with Crippen LogP contribution in [0.1, 0.15) is 56.9 Å². The third-order valence-corrected chi connectivity index (χ3v) is 11.3. The number of aliphatic carboxylic acids is 1. The highest BCUT2D eigenvalue weighted by Gasteiger charge is 2.67. The molecule has 0 aromatic heterocycles. The number of unbranched alkanes of at least 4 members (excludes halogenated alkanes) is 2. The smallest absolute Gasteiger partial charge is 0.303 e. The number of aromatic hydroxyl groups is 1. The number of carboxylic acids is 1. The number of carbonyl (C=O) groups is 5. The van der Waals surface area contributed by atoms with Crippen LogP contribution < -0.4 is 4.90 Å². The van der Waals surface area contributed by atoms with Crippen LogP contribution in [-0.2, 0) is 24.0 Å². The van der Waals surface area contributed by atoms with Crippen LogP contribution in [0.25, 0.3) is 10.8 Å². The molecule has 6 unspecified atom stereocenters. The predicted molar refractivity (Wildman–Crippen MR) is 174 cm³/mol. The van der Waals surface area contributed by atoms with Gasteiger partial charge in [-0.05, 0) is 62.1 Å². The molecule has 0 radical (unpaired) electrons. The fraction of sp³-hybridized carbons (Fsp3) is 0.378. The van der Waals surface area contributed by atoms with E-state index in [1.54, 1.807) is 25.1 Å². The van der Waals surface area contributed by atoms with Crippen LogP contribution in [0.4, 0.5) is 10.1 Å². The summed E-state index contributed by atoms with van der Waals surface area (Å²) in [5, 5.41) is 21.8. The van der Waals surface area contributed by atoms with Gasteiger partial charge in [0.05, 0.1) is 33.9 Å². The van der Waals surface area contributed by atoms with Crippen molar-refractivity contribution >= 4 is 57.7 Å². The number of anilines is 1. The third-order valence-electron chi connectivity index (χ3n) is 11.0. The summed E-state index contributed by atoms with van der Waals surface area (Å²) < 4.78 is 14.1. The van der Waals surface area contributed by atoms with Crippen molar-refractivity contribution in [2.75, 3.05) is 11.4 Å². The SMILES string of the molecule is CC12C(=O)N(c3ccc(F)c(Cl)c3)C(=O)C1CC1C(=CCC3C(=O)N(CCCCCC(=O)O)C(=O)C31)C2c1ccc2ccccc2c1O. The quantitative estimate of drug-likeness (QED) is 0.165. The molecule has 11 heteroatoms. The topological polar surface area (TPSA) is 132 Å². The Labute approximate surface area is 281 Å². The molecule has 248 valence electrons. The van der Waals surface area contributed by atoms with Gasteiger partial charge in [-0.3, -0.25) is 28.9 Å². The average Bonchev–Trinajstić information content (AvgIpc) is 3.42. The van der Waals surface area contributed by atoms with E-state index in [0.29, 0.717) is 30.2 Å². The van der Waals surface area contributed by atoms with Gasteiger partial charge >= 0.3 is 5.97 Å². The van der Waals surface area contributed by atoms with Crippen LogP contribution in [0.3, 0.4) is 0 Å². The summed E-state index contributed by atoms with van der Waals surface area (Å²) >= 11 is 6.08. The molecule has 2 aliphatic carbocycles. The molecule has 0 spiro atoms. The minimum absolute atomic E-state index is 0.0134. The summed E-state index contributed by atoms with van der Waals surface area (Å²) in [6, 6.07) is 14.6. The molecule has 3 aromatic carbocycles. The van der Waals surface area contributed by atoms with Crippen LogP contribution in [-0.4, -0.2) is 51.3 Å². The molecule has 2 aliphatic heterocycles. The Hall–Kier alpha value is -4.57. The second-order valence-corrected chi connectivity index (χ2v) is 13.9. The molecule has 2 heterocycles. The molecule has 4 aliphatic rings. The van der Waals surface area contributed by atoms with Crippen LogP contribution in [0, 0.1) is 34.9 Å². The van der Waals surface area contributed by atoms with E-state index in [-0.39, 0.29) is 54.1 Å². The summed E-state index contributed by atoms with van der Waals surface area (Å²) in [6.45, 7) is 1.90. The summed E-state index contributed by atoms with van der Waals surface area (Å²) in [5.41, 5.74) is -0.0692. The number of carboxylic acid groups (broad SMARTS) is 1. The molecule has 7 rings (SSSR count). The first-order valence-corrected chi connectivity index (χ1v) is 16.6. The maximum atomic E-state index is 14.6. The zero-order valence-corrected chi connectivity index (χ0v) is 27.0. The van der Waals surface area contributed by atoms with Crippen molar-refractivity contribution in [2.45, 2.75) is 51.4 Å². The average molecular weight is 673 g/mol. The number of fused-ring (bicyclic) bond motifs is 5. The molecule has 2 saturated heterocycles. The minimum atomic E-state index is -1.39. The Balaban J connectivity index is 1.31. The second kappa shape index (κ2) is 11.8. The van der Waals surface area contributed by atoms with Crippen molar-refractivity contribution in [1.82, 2.24) is 4.90 Å². The lowest BCUT2D eigenvalue weighted by Crippen LogP contribution is -2.48. The molecule has 0 bridgehead atoms. The van der Waals surface area contributed by atoms with E-state index in [1.807, 2.05) is 24.3 Å². The number of likely N-dealkylation sites (tertiary alicyclic amines) is 1. The fourth-order valence-corrected chi connectivity index (χ4v) is 8.92. The summed E-state index contributed by atoms with van der Waals surface area (Å²) in [6.07, 6.45) is 3.80. The predicted octanol–water partition coefficient (Wildman–Crippen LogP) is 6.21. The Kier molecular flexibility index (Phi) is 7.89. The van der Waals surface area contributed by atoms with Crippen molar-refractivity contribution in [2.24, 2.45) is 29.1 Å². The van der Waals surface area contributed by atoms with Crippen LogP contribution in [0.5, 0.6) is 5.75 Å². The maximum absolute atomic E-state index is 14.6. The van der Waals surface area contributed by atoms with Gasteiger partial charge in [0.1, 0.15) is 11.6 Å². The fourth-order valence-electron chi connectivity index (χ4n) is 8.74. The van der Waals surface area contributed by atoms with Gasteiger partial charge < -0.3 is 10.2 Å². The highest BCUT2D eigenvalue weighted by Crippen LogP contribution is 2.64. The van der Waals surface area contributed by atoms with E-state index < -0.39 is 58.6 Å². The van der Waals surface area contributed by atoms with Crippen molar-refractivity contribution in [3.63, 3.8) is 0 Å². The molecular formula is C37H34ClFN2O7. The van der Waals surface area contributed by atoms with Gasteiger partial charge in [0.25, 0.3) is 0 Å². The van der Waals surface area contributed by atoms with E-state index in [4.69, 9.17) is 16.7 Å². The number of halogens is 2. The zero-order chi connectivity index (χ0) is 34.1. The maximum Gasteiger partial charge on any atom is 0.303 e. The van der Waals surface area contributed by atoms with Gasteiger partial charge in [0.15, 0.2) is 0 Å². The van der Waals surface area contributed by atoms with Crippen molar-refractivity contribution < 1.29 is 38.6 Å². The van der Waals surface area contributed by atoms with E-state index in [0.717, 1.165) is 21.9 Å². The molecule has 9 nitrogen and oxygen atoms in total. The Bertz CT molecular complexity index is 1940. The summed E-state index contributed by atoms with van der Waals surface area (Å²) in [4.78, 5) is 69.8. The lowest BCUT2D eigenvalue weighted by molar-refractivity contribution is -0.141. The van der Waals surface area contributed by atoms with E-state index in [2.05, 4.69) is 0 Å². The molecule has 2 N–H and O–H groups in total. The highest BCUT2D eigenvalue weighted by atomic mass is 35.5. The molecule has 6 atom stereocenters. The van der Waals surface area contributed by atoms with Crippen LogP contribution in [0.2, 0.25) is 5.02 Å². The van der Waals surface area contributed by atoms with Gasteiger partial charge in [0.2, 0.25) is 23.6 Å². The Morgan fingerprint density at radius 3 is 2.50 bits per heavy atom. The number of nitrogens with zero attached hydrogens (tertiary/aromatic N) is 2. The number of imide groups is 2. The molecule has 48 heavy (non-hydrogen) atoms. The molecule has 3 aromatic rings. The first-order valence-electron chi connectivity index (χ1n) is 16.3. The third kappa shape index (κ3) is 4.75. The molecular weight excluding hydrogens is 639 g/mol. The standard InChI is InChI=1S/C37H34ClFN2O7/c1-37-26(34(46)41(36(37)48)20-11-15-28(39)27(38)17-20)18-25-22(31(37)24-12-10-19-7-4-5-8-21(19)32(24)44)13-14-23-30(25)35(47)40(33(23)45)16-6-2-3-9-29(42)43/h4-5,7-8,10-13,15,17,23,25-26,30-31,44H,2-3,6,9,14,16,18H2,1H3,(H,42,43). The second-order valence-electron chi connectivity index (χ2n) is 13.5. The van der Waals surface area contributed by atoms with E-state index in [9.17, 15) is 33.5 Å². The first-order chi connectivity index (χ1) is 22.9. The normalized spacial score (nSPS) is 28.1. The van der Waals surface area contributed by atoms with Crippen molar-refractivity contribution in [3.05, 3.63) is 82.6 Å².